The number of methoxy groups -OCH3 is 3. The standard InChI is InChI=1S/C20H18N2O4/c1-24-17-11-15-14(18(25-2)19(17)26-3)9-10-22(16(15)12-21)20(23)13-7-5-4-6-8-13/h4-11,16H,1-3H3/t16-/m0/s1. The third-order valence-electron chi connectivity index (χ3n) is 4.25. The van der Waals surface area contributed by atoms with Crippen LogP contribution in [-0.4, -0.2) is 32.1 Å². The summed E-state index contributed by atoms with van der Waals surface area (Å²) in [4.78, 5) is 14.3. The van der Waals surface area contributed by atoms with Gasteiger partial charge in [0.15, 0.2) is 11.5 Å². The number of amides is 1. The van der Waals surface area contributed by atoms with Crippen LogP contribution in [0.4, 0.5) is 0 Å². The van der Waals surface area contributed by atoms with Gasteiger partial charge in [-0.2, -0.15) is 5.26 Å². The Bertz CT molecular complexity index is 900. The summed E-state index contributed by atoms with van der Waals surface area (Å²) in [6.45, 7) is 0. The maximum absolute atomic E-state index is 12.8. The molecule has 0 fully saturated rings. The summed E-state index contributed by atoms with van der Waals surface area (Å²) in [6, 6.07) is 11.9. The molecule has 1 atom stereocenters. The second kappa shape index (κ2) is 7.19. The van der Waals surface area contributed by atoms with Gasteiger partial charge in [-0.25, -0.2) is 0 Å². The molecule has 0 N–H and O–H groups in total. The van der Waals surface area contributed by atoms with Crippen LogP contribution in [0.25, 0.3) is 6.08 Å². The molecule has 6 heteroatoms. The summed E-state index contributed by atoms with van der Waals surface area (Å²) in [7, 11) is 4.55. The van der Waals surface area contributed by atoms with Gasteiger partial charge in [0, 0.05) is 22.9 Å². The topological polar surface area (TPSA) is 71.8 Å². The van der Waals surface area contributed by atoms with E-state index >= 15 is 0 Å². The number of carbonyl (C=O) groups is 1. The fraction of sp³-hybridized carbons (Fsp3) is 0.200. The van der Waals surface area contributed by atoms with Crippen molar-refractivity contribution < 1.29 is 19.0 Å². The molecule has 2 aromatic rings. The fourth-order valence-electron chi connectivity index (χ4n) is 3.03. The largest absolute Gasteiger partial charge is 0.493 e. The van der Waals surface area contributed by atoms with Crippen molar-refractivity contribution in [2.24, 2.45) is 0 Å². The number of hydrogen-bond acceptors (Lipinski definition) is 5. The normalized spacial score (nSPS) is 15.0. The molecule has 0 aliphatic carbocycles. The Kier molecular flexibility index (Phi) is 4.81. The lowest BCUT2D eigenvalue weighted by Crippen LogP contribution is -2.32. The van der Waals surface area contributed by atoms with Crippen LogP contribution in [0.5, 0.6) is 17.2 Å². The molecule has 2 aromatic carbocycles. The van der Waals surface area contributed by atoms with Crippen molar-refractivity contribution in [3.8, 4) is 23.3 Å². The number of fused-ring (bicyclic) bond motifs is 1. The first-order valence-electron chi connectivity index (χ1n) is 7.94. The molecule has 0 bridgehead atoms. The van der Waals surface area contributed by atoms with Crippen molar-refractivity contribution in [3.05, 3.63) is 59.3 Å². The third kappa shape index (κ3) is 2.74. The van der Waals surface area contributed by atoms with E-state index in [0.29, 0.717) is 33.9 Å². The Balaban J connectivity index is 2.13. The molecule has 26 heavy (non-hydrogen) atoms. The van der Waals surface area contributed by atoms with E-state index in [1.54, 1.807) is 42.6 Å². The molecule has 0 radical (unpaired) electrons. The number of benzene rings is 2. The van der Waals surface area contributed by atoms with E-state index < -0.39 is 6.04 Å². The van der Waals surface area contributed by atoms with Crippen LogP contribution in [0.15, 0.2) is 42.6 Å². The number of hydrogen-bond donors (Lipinski definition) is 0. The van der Waals surface area contributed by atoms with Gasteiger partial charge in [0.1, 0.15) is 6.04 Å². The predicted molar refractivity (Wildman–Crippen MR) is 96.1 cm³/mol. The molecular formula is C20H18N2O4. The van der Waals surface area contributed by atoms with Gasteiger partial charge in [-0.05, 0) is 24.3 Å². The summed E-state index contributed by atoms with van der Waals surface area (Å²) >= 11 is 0. The van der Waals surface area contributed by atoms with Gasteiger partial charge < -0.3 is 14.2 Å². The zero-order chi connectivity index (χ0) is 18.7. The fourth-order valence-corrected chi connectivity index (χ4v) is 3.03. The highest BCUT2D eigenvalue weighted by Gasteiger charge is 2.32. The summed E-state index contributed by atoms with van der Waals surface area (Å²) in [5.41, 5.74) is 1.82. The minimum absolute atomic E-state index is 0.257. The van der Waals surface area contributed by atoms with Crippen LogP contribution in [0.3, 0.4) is 0 Å². The number of ether oxygens (including phenoxy) is 3. The maximum atomic E-state index is 12.8. The minimum atomic E-state index is -0.809. The number of rotatable bonds is 4. The average Bonchev–Trinajstić information content (AvgIpc) is 2.71. The summed E-state index contributed by atoms with van der Waals surface area (Å²) in [5, 5.41) is 9.77. The van der Waals surface area contributed by atoms with Crippen LogP contribution < -0.4 is 14.2 Å². The van der Waals surface area contributed by atoms with Gasteiger partial charge in [-0.15, -0.1) is 0 Å². The van der Waals surface area contributed by atoms with Gasteiger partial charge in [-0.3, -0.25) is 9.69 Å². The number of nitriles is 1. The highest BCUT2D eigenvalue weighted by Crippen LogP contribution is 2.46. The van der Waals surface area contributed by atoms with Gasteiger partial charge >= 0.3 is 0 Å². The summed E-state index contributed by atoms with van der Waals surface area (Å²) < 4.78 is 16.2. The molecule has 0 spiro atoms. The average molecular weight is 350 g/mol. The lowest BCUT2D eigenvalue weighted by atomic mass is 9.94. The number of nitrogens with zero attached hydrogens (tertiary/aromatic N) is 2. The van der Waals surface area contributed by atoms with Crippen LogP contribution in [0.2, 0.25) is 0 Å². The van der Waals surface area contributed by atoms with Crippen molar-refractivity contribution in [1.82, 2.24) is 4.90 Å². The monoisotopic (exact) mass is 350 g/mol. The van der Waals surface area contributed by atoms with E-state index in [-0.39, 0.29) is 5.91 Å². The maximum Gasteiger partial charge on any atom is 0.259 e. The van der Waals surface area contributed by atoms with Gasteiger partial charge in [0.2, 0.25) is 5.75 Å². The molecule has 1 heterocycles. The second-order valence-corrected chi connectivity index (χ2v) is 5.57. The van der Waals surface area contributed by atoms with Crippen molar-refractivity contribution in [1.29, 1.82) is 5.26 Å². The van der Waals surface area contributed by atoms with Crippen molar-refractivity contribution in [3.63, 3.8) is 0 Å². The molecule has 132 valence electrons. The molecule has 0 unspecified atom stereocenters. The van der Waals surface area contributed by atoms with E-state index in [2.05, 4.69) is 6.07 Å². The lowest BCUT2D eigenvalue weighted by molar-refractivity contribution is 0.0794. The Morgan fingerprint density at radius 2 is 1.77 bits per heavy atom. The lowest BCUT2D eigenvalue weighted by Gasteiger charge is -2.30. The van der Waals surface area contributed by atoms with E-state index in [4.69, 9.17) is 14.2 Å². The Hall–Kier alpha value is -3.46. The Labute approximate surface area is 151 Å². The zero-order valence-electron chi connectivity index (χ0n) is 14.7. The zero-order valence-corrected chi connectivity index (χ0v) is 14.7. The van der Waals surface area contributed by atoms with Crippen LogP contribution in [0.1, 0.15) is 27.5 Å². The van der Waals surface area contributed by atoms with Crippen molar-refractivity contribution >= 4 is 12.0 Å². The number of carbonyl (C=O) groups excluding carboxylic acids is 1. The first-order chi connectivity index (χ1) is 12.7. The Morgan fingerprint density at radius 3 is 2.35 bits per heavy atom. The minimum Gasteiger partial charge on any atom is -0.493 e. The third-order valence-corrected chi connectivity index (χ3v) is 4.25. The van der Waals surface area contributed by atoms with E-state index in [1.165, 1.54) is 26.2 Å². The predicted octanol–water partition coefficient (Wildman–Crippen LogP) is 3.40. The van der Waals surface area contributed by atoms with E-state index in [9.17, 15) is 10.1 Å². The second-order valence-electron chi connectivity index (χ2n) is 5.57. The highest BCUT2D eigenvalue weighted by molar-refractivity contribution is 5.96. The molecule has 1 aliphatic rings. The van der Waals surface area contributed by atoms with E-state index in [0.717, 1.165) is 0 Å². The molecular weight excluding hydrogens is 332 g/mol. The van der Waals surface area contributed by atoms with E-state index in [1.807, 2.05) is 6.07 Å². The van der Waals surface area contributed by atoms with Crippen LogP contribution in [0, 0.1) is 11.3 Å². The quantitative estimate of drug-likeness (QED) is 0.845. The summed E-state index contributed by atoms with van der Waals surface area (Å²) in [6.07, 6.45) is 3.34. The molecule has 1 amide bonds. The molecule has 0 saturated heterocycles. The molecule has 0 aromatic heterocycles. The highest BCUT2D eigenvalue weighted by atomic mass is 16.5. The van der Waals surface area contributed by atoms with Crippen LogP contribution in [-0.2, 0) is 0 Å². The molecule has 3 rings (SSSR count). The molecule has 1 aliphatic heterocycles. The smallest absolute Gasteiger partial charge is 0.259 e. The SMILES string of the molecule is COc1cc2c(c(OC)c1OC)C=CN(C(=O)c1ccccc1)[C@H]2C#N. The first-order valence-corrected chi connectivity index (χ1v) is 7.94. The van der Waals surface area contributed by atoms with Gasteiger partial charge in [0.05, 0.1) is 27.4 Å². The summed E-state index contributed by atoms with van der Waals surface area (Å²) in [5.74, 6) is 1.08. The van der Waals surface area contributed by atoms with Crippen LogP contribution >= 0.6 is 0 Å². The molecule has 6 nitrogen and oxygen atoms in total. The molecule has 0 saturated carbocycles. The van der Waals surface area contributed by atoms with Crippen molar-refractivity contribution in [2.45, 2.75) is 6.04 Å². The first kappa shape index (κ1) is 17.4. The van der Waals surface area contributed by atoms with Crippen molar-refractivity contribution in [2.75, 3.05) is 21.3 Å². The van der Waals surface area contributed by atoms with Gasteiger partial charge in [0.25, 0.3) is 5.91 Å². The Morgan fingerprint density at radius 1 is 1.08 bits per heavy atom. The van der Waals surface area contributed by atoms with Gasteiger partial charge in [-0.1, -0.05) is 18.2 Å².